The van der Waals surface area contributed by atoms with E-state index in [2.05, 4.69) is 17.0 Å². The highest BCUT2D eigenvalue weighted by atomic mass is 35.5. The van der Waals surface area contributed by atoms with E-state index in [1.165, 1.54) is 0 Å². The number of amides is 1. The Bertz CT molecular complexity index is 388. The van der Waals surface area contributed by atoms with Crippen molar-refractivity contribution in [3.63, 3.8) is 0 Å². The summed E-state index contributed by atoms with van der Waals surface area (Å²) in [6.07, 6.45) is 0. The molecule has 1 aliphatic rings. The van der Waals surface area contributed by atoms with Gasteiger partial charge in [-0.2, -0.15) is 0 Å². The Morgan fingerprint density at radius 2 is 1.83 bits per heavy atom. The zero-order chi connectivity index (χ0) is 13.0. The third-order valence-electron chi connectivity index (χ3n) is 3.40. The molecule has 3 nitrogen and oxygen atoms in total. The summed E-state index contributed by atoms with van der Waals surface area (Å²) in [4.78, 5) is 15.4. The largest absolute Gasteiger partial charge is 0.340 e. The third kappa shape index (κ3) is 3.47. The number of nitrogens with zero attached hydrogens (tertiary/aromatic N) is 2. The highest BCUT2D eigenvalue weighted by molar-refractivity contribution is 6.21. The van der Waals surface area contributed by atoms with Gasteiger partial charge in [-0.3, -0.25) is 9.69 Å². The summed E-state index contributed by atoms with van der Waals surface area (Å²) in [5.74, 6) is 0.167. The van der Waals surface area contributed by atoms with Gasteiger partial charge in [-0.1, -0.05) is 30.3 Å². The molecule has 98 valence electrons. The second-order valence-electron chi connectivity index (χ2n) is 4.68. The number of carbonyl (C=O) groups excluding carboxylic acids is 1. The SMILES string of the molecule is CC(=O)N1CCN(CC(Cl)c2ccccc2)CC1. The minimum Gasteiger partial charge on any atom is -0.340 e. The van der Waals surface area contributed by atoms with E-state index in [9.17, 15) is 4.79 Å². The fraction of sp³-hybridized carbons (Fsp3) is 0.500. The lowest BCUT2D eigenvalue weighted by atomic mass is 10.1. The molecule has 1 aliphatic heterocycles. The average Bonchev–Trinajstić information content (AvgIpc) is 2.40. The van der Waals surface area contributed by atoms with Gasteiger partial charge in [-0.25, -0.2) is 0 Å². The van der Waals surface area contributed by atoms with Gasteiger partial charge in [0.1, 0.15) is 0 Å². The molecule has 1 aromatic rings. The van der Waals surface area contributed by atoms with Crippen LogP contribution in [0.15, 0.2) is 30.3 Å². The summed E-state index contributed by atoms with van der Waals surface area (Å²) in [5, 5.41) is 0.0232. The van der Waals surface area contributed by atoms with Gasteiger partial charge >= 0.3 is 0 Å². The fourth-order valence-electron chi connectivity index (χ4n) is 2.24. The van der Waals surface area contributed by atoms with Crippen molar-refractivity contribution >= 4 is 17.5 Å². The Kier molecular flexibility index (Phi) is 4.61. The molecule has 0 N–H and O–H groups in total. The summed E-state index contributed by atoms with van der Waals surface area (Å²) in [5.41, 5.74) is 1.16. The van der Waals surface area contributed by atoms with Crippen LogP contribution >= 0.6 is 11.6 Å². The number of alkyl halides is 1. The van der Waals surface area contributed by atoms with Crippen molar-refractivity contribution in [2.24, 2.45) is 0 Å². The standard InChI is InChI=1S/C14H19ClN2O/c1-12(18)17-9-7-16(8-10-17)11-14(15)13-5-3-2-4-6-13/h2-6,14H,7-11H2,1H3. The lowest BCUT2D eigenvalue weighted by Crippen LogP contribution is -2.48. The Labute approximate surface area is 113 Å². The summed E-state index contributed by atoms with van der Waals surface area (Å²) in [6, 6.07) is 10.1. The van der Waals surface area contributed by atoms with Crippen molar-refractivity contribution in [1.82, 2.24) is 9.80 Å². The van der Waals surface area contributed by atoms with Crippen LogP contribution in [0.1, 0.15) is 17.9 Å². The molecule has 1 atom stereocenters. The van der Waals surface area contributed by atoms with E-state index in [0.29, 0.717) is 0 Å². The molecule has 2 rings (SSSR count). The monoisotopic (exact) mass is 266 g/mol. The quantitative estimate of drug-likeness (QED) is 0.783. The maximum Gasteiger partial charge on any atom is 0.219 e. The first-order chi connectivity index (χ1) is 8.66. The second-order valence-corrected chi connectivity index (χ2v) is 5.21. The predicted molar refractivity (Wildman–Crippen MR) is 73.7 cm³/mol. The molecule has 0 spiro atoms. The zero-order valence-electron chi connectivity index (χ0n) is 10.7. The van der Waals surface area contributed by atoms with Gasteiger partial charge in [-0.15, -0.1) is 11.6 Å². The van der Waals surface area contributed by atoms with E-state index >= 15 is 0 Å². The van der Waals surface area contributed by atoms with Gasteiger partial charge in [0.25, 0.3) is 0 Å². The van der Waals surface area contributed by atoms with Crippen LogP contribution < -0.4 is 0 Å². The highest BCUT2D eigenvalue weighted by Crippen LogP contribution is 2.21. The topological polar surface area (TPSA) is 23.6 Å². The smallest absolute Gasteiger partial charge is 0.219 e. The molecule has 1 fully saturated rings. The molecule has 1 heterocycles. The van der Waals surface area contributed by atoms with Gasteiger partial charge < -0.3 is 4.90 Å². The van der Waals surface area contributed by atoms with Gasteiger partial charge in [0.2, 0.25) is 5.91 Å². The lowest BCUT2D eigenvalue weighted by Gasteiger charge is -2.35. The first-order valence-corrected chi connectivity index (χ1v) is 6.77. The van der Waals surface area contributed by atoms with E-state index < -0.39 is 0 Å². The third-order valence-corrected chi connectivity index (χ3v) is 3.79. The normalized spacial score (nSPS) is 18.7. The number of benzene rings is 1. The molecule has 0 aromatic heterocycles. The van der Waals surface area contributed by atoms with Crippen molar-refractivity contribution in [3.8, 4) is 0 Å². The molecule has 1 amide bonds. The Balaban J connectivity index is 1.83. The summed E-state index contributed by atoms with van der Waals surface area (Å²) in [7, 11) is 0. The highest BCUT2D eigenvalue weighted by Gasteiger charge is 2.20. The van der Waals surface area contributed by atoms with Crippen molar-refractivity contribution in [2.45, 2.75) is 12.3 Å². The lowest BCUT2D eigenvalue weighted by molar-refractivity contribution is -0.130. The van der Waals surface area contributed by atoms with Crippen LogP contribution in [0.3, 0.4) is 0 Å². The number of halogens is 1. The fourth-order valence-corrected chi connectivity index (χ4v) is 2.58. The van der Waals surface area contributed by atoms with Crippen LogP contribution in [0.2, 0.25) is 0 Å². The van der Waals surface area contributed by atoms with Crippen LogP contribution in [-0.4, -0.2) is 48.4 Å². The maximum atomic E-state index is 11.2. The van der Waals surface area contributed by atoms with Gasteiger partial charge in [0.15, 0.2) is 0 Å². The molecular formula is C14H19ClN2O. The number of rotatable bonds is 3. The van der Waals surface area contributed by atoms with Crippen molar-refractivity contribution in [2.75, 3.05) is 32.7 Å². The van der Waals surface area contributed by atoms with Gasteiger partial charge in [-0.05, 0) is 5.56 Å². The van der Waals surface area contributed by atoms with E-state index in [4.69, 9.17) is 11.6 Å². The Morgan fingerprint density at radius 1 is 1.22 bits per heavy atom. The van der Waals surface area contributed by atoms with Gasteiger partial charge in [0.05, 0.1) is 5.38 Å². The molecule has 1 saturated heterocycles. The Morgan fingerprint density at radius 3 is 2.39 bits per heavy atom. The van der Waals surface area contributed by atoms with Crippen LogP contribution in [0.5, 0.6) is 0 Å². The van der Waals surface area contributed by atoms with E-state index in [0.717, 1.165) is 38.3 Å². The minimum absolute atomic E-state index is 0.0232. The maximum absolute atomic E-state index is 11.2. The number of hydrogen-bond acceptors (Lipinski definition) is 2. The van der Waals surface area contributed by atoms with E-state index in [-0.39, 0.29) is 11.3 Å². The first kappa shape index (κ1) is 13.4. The summed E-state index contributed by atoms with van der Waals surface area (Å²) in [6.45, 7) is 5.92. The van der Waals surface area contributed by atoms with Crippen molar-refractivity contribution in [3.05, 3.63) is 35.9 Å². The molecule has 0 radical (unpaired) electrons. The Hall–Kier alpha value is -1.06. The van der Waals surface area contributed by atoms with Crippen LogP contribution in [0.25, 0.3) is 0 Å². The second kappa shape index (κ2) is 6.21. The van der Waals surface area contributed by atoms with E-state index in [1.807, 2.05) is 23.1 Å². The molecule has 0 bridgehead atoms. The van der Waals surface area contributed by atoms with Crippen LogP contribution in [0, 0.1) is 0 Å². The number of carbonyl (C=O) groups is 1. The van der Waals surface area contributed by atoms with Gasteiger partial charge in [0, 0.05) is 39.6 Å². The first-order valence-electron chi connectivity index (χ1n) is 6.33. The predicted octanol–water partition coefficient (Wildman–Crippen LogP) is 2.13. The molecule has 0 aliphatic carbocycles. The average molecular weight is 267 g/mol. The molecule has 4 heteroatoms. The van der Waals surface area contributed by atoms with Crippen molar-refractivity contribution < 1.29 is 4.79 Å². The van der Waals surface area contributed by atoms with Crippen LogP contribution in [-0.2, 0) is 4.79 Å². The van der Waals surface area contributed by atoms with E-state index in [1.54, 1.807) is 6.92 Å². The molecule has 1 aromatic carbocycles. The minimum atomic E-state index is 0.0232. The molecule has 0 saturated carbocycles. The van der Waals surface area contributed by atoms with Crippen LogP contribution in [0.4, 0.5) is 0 Å². The van der Waals surface area contributed by atoms with Crippen molar-refractivity contribution in [1.29, 1.82) is 0 Å². The summed E-state index contributed by atoms with van der Waals surface area (Å²) >= 11 is 6.42. The molecular weight excluding hydrogens is 248 g/mol. The molecule has 1 unspecified atom stereocenters. The summed E-state index contributed by atoms with van der Waals surface area (Å²) < 4.78 is 0. The molecule has 18 heavy (non-hydrogen) atoms. The zero-order valence-corrected chi connectivity index (χ0v) is 11.4. The number of hydrogen-bond donors (Lipinski definition) is 0. The number of piperazine rings is 1.